The molecule has 9 nitrogen and oxygen atoms in total. The lowest BCUT2D eigenvalue weighted by molar-refractivity contribution is -0.122. The zero-order valence-corrected chi connectivity index (χ0v) is 23.6. The Bertz CT molecular complexity index is 1700. The molecule has 0 radical (unpaired) electrons. The van der Waals surface area contributed by atoms with Gasteiger partial charge in [0.15, 0.2) is 6.61 Å². The number of ether oxygens (including phenoxy) is 2. The first kappa shape index (κ1) is 28.8. The number of barbiturate groups is 1. The van der Waals surface area contributed by atoms with Crippen molar-refractivity contribution in [1.29, 1.82) is 0 Å². The molecule has 9 heteroatoms. The molecule has 1 heterocycles. The van der Waals surface area contributed by atoms with Crippen LogP contribution in [-0.2, 0) is 21.0 Å². The van der Waals surface area contributed by atoms with Gasteiger partial charge >= 0.3 is 6.03 Å². The summed E-state index contributed by atoms with van der Waals surface area (Å²) in [5.41, 5.74) is 4.41. The molecular weight excluding hydrogens is 546 g/mol. The molecule has 0 saturated carbocycles. The van der Waals surface area contributed by atoms with Crippen LogP contribution in [0, 0.1) is 13.8 Å². The van der Waals surface area contributed by atoms with E-state index in [2.05, 4.69) is 10.6 Å². The lowest BCUT2D eigenvalue weighted by atomic mass is 10.1. The van der Waals surface area contributed by atoms with Gasteiger partial charge in [0.1, 0.15) is 23.7 Å². The number of urea groups is 1. The number of anilines is 2. The number of amides is 5. The molecule has 43 heavy (non-hydrogen) atoms. The largest absolute Gasteiger partial charge is 0.489 e. The van der Waals surface area contributed by atoms with Crippen molar-refractivity contribution in [2.75, 3.05) is 16.8 Å². The smallest absolute Gasteiger partial charge is 0.335 e. The number of carbonyl (C=O) groups excluding carboxylic acids is 4. The van der Waals surface area contributed by atoms with E-state index >= 15 is 0 Å². The Morgan fingerprint density at radius 3 is 2.21 bits per heavy atom. The van der Waals surface area contributed by atoms with E-state index in [1.54, 1.807) is 48.5 Å². The first-order valence-corrected chi connectivity index (χ1v) is 13.6. The second-order valence-corrected chi connectivity index (χ2v) is 9.88. The van der Waals surface area contributed by atoms with Gasteiger partial charge in [0.2, 0.25) is 0 Å². The van der Waals surface area contributed by atoms with Crippen molar-refractivity contribution in [3.05, 3.63) is 125 Å². The molecule has 1 aliphatic heterocycles. The molecule has 0 spiro atoms. The van der Waals surface area contributed by atoms with E-state index < -0.39 is 17.8 Å². The minimum absolute atomic E-state index is 0.193. The maximum Gasteiger partial charge on any atom is 0.335 e. The maximum absolute atomic E-state index is 13.3. The van der Waals surface area contributed by atoms with E-state index in [0.29, 0.717) is 23.7 Å². The zero-order valence-electron chi connectivity index (χ0n) is 23.6. The van der Waals surface area contributed by atoms with Crippen LogP contribution in [0.4, 0.5) is 16.2 Å². The number of nitrogens with one attached hydrogen (secondary N) is 2. The van der Waals surface area contributed by atoms with Gasteiger partial charge in [0, 0.05) is 5.69 Å². The molecule has 4 aromatic carbocycles. The van der Waals surface area contributed by atoms with Crippen LogP contribution >= 0.6 is 0 Å². The Kier molecular flexibility index (Phi) is 8.62. The number of carbonyl (C=O) groups is 4. The van der Waals surface area contributed by atoms with Crippen LogP contribution < -0.4 is 25.0 Å². The van der Waals surface area contributed by atoms with Crippen LogP contribution in [-0.4, -0.2) is 30.4 Å². The summed E-state index contributed by atoms with van der Waals surface area (Å²) in [6, 6.07) is 27.5. The number of aryl methyl sites for hydroxylation is 1. The normalized spacial score (nSPS) is 14.0. The van der Waals surface area contributed by atoms with Crippen molar-refractivity contribution < 1.29 is 28.7 Å². The molecule has 5 amide bonds. The summed E-state index contributed by atoms with van der Waals surface area (Å²) in [5, 5.41) is 5.06. The van der Waals surface area contributed by atoms with Crippen LogP contribution in [0.25, 0.3) is 6.08 Å². The molecule has 1 saturated heterocycles. The average molecular weight is 576 g/mol. The number of rotatable bonds is 9. The van der Waals surface area contributed by atoms with E-state index in [1.165, 1.54) is 6.08 Å². The van der Waals surface area contributed by atoms with E-state index in [0.717, 1.165) is 27.3 Å². The number of imide groups is 2. The lowest BCUT2D eigenvalue weighted by Gasteiger charge is -2.26. The molecule has 0 aliphatic carbocycles. The molecule has 1 fully saturated rings. The summed E-state index contributed by atoms with van der Waals surface area (Å²) in [6.45, 7) is 4.08. The number of hydrogen-bond acceptors (Lipinski definition) is 6. The minimum atomic E-state index is -0.840. The quantitative estimate of drug-likeness (QED) is 0.199. The third kappa shape index (κ3) is 6.97. The van der Waals surface area contributed by atoms with Gasteiger partial charge in [-0.1, -0.05) is 54.6 Å². The molecule has 4 aromatic rings. The Hall–Kier alpha value is -5.70. The third-order valence-electron chi connectivity index (χ3n) is 6.88. The summed E-state index contributed by atoms with van der Waals surface area (Å²) in [6.07, 6.45) is 1.39. The van der Waals surface area contributed by atoms with E-state index in [1.807, 2.05) is 62.4 Å². The molecule has 5 rings (SSSR count). The highest BCUT2D eigenvalue weighted by Gasteiger charge is 2.36. The Morgan fingerprint density at radius 1 is 0.814 bits per heavy atom. The number of benzene rings is 4. The van der Waals surface area contributed by atoms with Crippen LogP contribution in [0.3, 0.4) is 0 Å². The SMILES string of the molecule is Cc1cccc(NC(=O)COc2ccc(/C=C3/C(=O)NC(=O)N(c4ccc(OCc5ccccc5)cc4)C3=O)cc2)c1C. The monoisotopic (exact) mass is 575 g/mol. The van der Waals surface area contributed by atoms with Gasteiger partial charge in [-0.15, -0.1) is 0 Å². The molecule has 0 atom stereocenters. The minimum Gasteiger partial charge on any atom is -0.489 e. The summed E-state index contributed by atoms with van der Waals surface area (Å²) in [4.78, 5) is 51.7. The fourth-order valence-electron chi connectivity index (χ4n) is 4.37. The Balaban J connectivity index is 1.22. The van der Waals surface area contributed by atoms with Crippen molar-refractivity contribution in [2.45, 2.75) is 20.5 Å². The highest BCUT2D eigenvalue weighted by molar-refractivity contribution is 6.39. The molecule has 0 unspecified atom stereocenters. The first-order valence-electron chi connectivity index (χ1n) is 13.6. The van der Waals surface area contributed by atoms with E-state index in [4.69, 9.17) is 9.47 Å². The van der Waals surface area contributed by atoms with Crippen LogP contribution in [0.2, 0.25) is 0 Å². The first-order chi connectivity index (χ1) is 20.8. The van der Waals surface area contributed by atoms with Crippen LogP contribution in [0.1, 0.15) is 22.3 Å². The fraction of sp³-hybridized carbons (Fsp3) is 0.118. The van der Waals surface area contributed by atoms with Crippen molar-refractivity contribution in [3.8, 4) is 11.5 Å². The van der Waals surface area contributed by atoms with Gasteiger partial charge in [-0.05, 0) is 84.6 Å². The standard InChI is InChI=1S/C34H29N3O6/c1-22-7-6-10-30(23(22)2)35-31(38)21-43-27-15-11-24(12-16-27)19-29-32(39)36-34(41)37(33(29)40)26-13-17-28(18-14-26)42-20-25-8-4-3-5-9-25/h3-19H,20-21H2,1-2H3,(H,35,38)(H,36,39,41)/b29-19-. The number of hydrogen-bond donors (Lipinski definition) is 2. The molecular formula is C34H29N3O6. The second-order valence-electron chi connectivity index (χ2n) is 9.88. The van der Waals surface area contributed by atoms with E-state index in [9.17, 15) is 19.2 Å². The molecule has 216 valence electrons. The van der Waals surface area contributed by atoms with Gasteiger partial charge in [-0.2, -0.15) is 0 Å². The highest BCUT2D eigenvalue weighted by atomic mass is 16.5. The van der Waals surface area contributed by atoms with Gasteiger partial charge in [0.05, 0.1) is 5.69 Å². The molecule has 1 aliphatic rings. The molecule has 0 aromatic heterocycles. The summed E-state index contributed by atoms with van der Waals surface area (Å²) in [5.74, 6) is -0.851. The maximum atomic E-state index is 13.3. The van der Waals surface area contributed by atoms with Gasteiger partial charge in [-0.3, -0.25) is 19.7 Å². The third-order valence-corrected chi connectivity index (χ3v) is 6.88. The van der Waals surface area contributed by atoms with Gasteiger partial charge < -0.3 is 14.8 Å². The summed E-state index contributed by atoms with van der Waals surface area (Å²) in [7, 11) is 0. The highest BCUT2D eigenvalue weighted by Crippen LogP contribution is 2.25. The van der Waals surface area contributed by atoms with Crippen molar-refractivity contribution in [1.82, 2.24) is 5.32 Å². The van der Waals surface area contributed by atoms with Crippen LogP contribution in [0.5, 0.6) is 11.5 Å². The fourth-order valence-corrected chi connectivity index (χ4v) is 4.37. The Morgan fingerprint density at radius 2 is 1.49 bits per heavy atom. The number of nitrogens with zero attached hydrogens (tertiary/aromatic N) is 1. The Labute approximate surface area is 248 Å². The predicted molar refractivity (Wildman–Crippen MR) is 163 cm³/mol. The topological polar surface area (TPSA) is 114 Å². The van der Waals surface area contributed by atoms with Crippen LogP contribution in [0.15, 0.2) is 103 Å². The van der Waals surface area contributed by atoms with Gasteiger partial charge in [-0.25, -0.2) is 9.69 Å². The van der Waals surface area contributed by atoms with Gasteiger partial charge in [0.25, 0.3) is 17.7 Å². The summed E-state index contributed by atoms with van der Waals surface area (Å²) < 4.78 is 11.4. The summed E-state index contributed by atoms with van der Waals surface area (Å²) >= 11 is 0. The van der Waals surface area contributed by atoms with E-state index in [-0.39, 0.29) is 23.8 Å². The second kappa shape index (κ2) is 12.9. The predicted octanol–water partition coefficient (Wildman–Crippen LogP) is 5.57. The zero-order chi connectivity index (χ0) is 30.3. The average Bonchev–Trinajstić information content (AvgIpc) is 3.01. The molecule has 0 bridgehead atoms. The van der Waals surface area contributed by atoms with Crippen molar-refractivity contribution in [2.24, 2.45) is 0 Å². The lowest BCUT2D eigenvalue weighted by Crippen LogP contribution is -2.54. The van der Waals surface area contributed by atoms with Crippen molar-refractivity contribution >= 4 is 41.2 Å². The van der Waals surface area contributed by atoms with Crippen molar-refractivity contribution in [3.63, 3.8) is 0 Å². The molecule has 2 N–H and O–H groups in total.